The number of nitrogens with zero attached hydrogens (tertiary/aromatic N) is 2. The zero-order valence-corrected chi connectivity index (χ0v) is 11.6. The van der Waals surface area contributed by atoms with Gasteiger partial charge in [-0.3, -0.25) is 14.6 Å². The average molecular weight is 258 g/mol. The Labute approximate surface area is 110 Å². The third kappa shape index (κ3) is 5.80. The van der Waals surface area contributed by atoms with Crippen LogP contribution >= 0.6 is 0 Å². The average Bonchev–Trinajstić information content (AvgIpc) is 2.39. The predicted molar refractivity (Wildman–Crippen MR) is 70.8 cm³/mol. The summed E-state index contributed by atoms with van der Waals surface area (Å²) in [6, 6.07) is 0.449. The molecule has 1 atom stereocenters. The van der Waals surface area contributed by atoms with Gasteiger partial charge in [0.15, 0.2) is 0 Å². The number of rotatable bonds is 8. The van der Waals surface area contributed by atoms with Gasteiger partial charge < -0.3 is 9.84 Å². The Hall–Kier alpha value is -0.650. The van der Waals surface area contributed by atoms with Gasteiger partial charge in [0.1, 0.15) is 0 Å². The Bertz CT molecular complexity index is 242. The van der Waals surface area contributed by atoms with Gasteiger partial charge in [-0.25, -0.2) is 0 Å². The van der Waals surface area contributed by atoms with Crippen LogP contribution < -0.4 is 0 Å². The fraction of sp³-hybridized carbons (Fsp3) is 0.923. The highest BCUT2D eigenvalue weighted by Gasteiger charge is 2.16. The SMILES string of the molecule is CCC(C)N(CCC(=O)O)CCN1CCOCC1. The van der Waals surface area contributed by atoms with E-state index in [2.05, 4.69) is 23.6 Å². The van der Waals surface area contributed by atoms with Crippen molar-refractivity contribution in [3.05, 3.63) is 0 Å². The summed E-state index contributed by atoms with van der Waals surface area (Å²) < 4.78 is 5.32. The second-order valence-electron chi connectivity index (χ2n) is 4.89. The van der Waals surface area contributed by atoms with E-state index in [-0.39, 0.29) is 6.42 Å². The minimum Gasteiger partial charge on any atom is -0.481 e. The van der Waals surface area contributed by atoms with E-state index in [0.29, 0.717) is 12.6 Å². The molecule has 0 amide bonds. The highest BCUT2D eigenvalue weighted by molar-refractivity contribution is 5.66. The topological polar surface area (TPSA) is 53.0 Å². The Morgan fingerprint density at radius 1 is 1.39 bits per heavy atom. The molecule has 1 aliphatic heterocycles. The van der Waals surface area contributed by atoms with Crippen molar-refractivity contribution in [2.24, 2.45) is 0 Å². The van der Waals surface area contributed by atoms with Crippen LogP contribution in [0.4, 0.5) is 0 Å². The molecule has 0 radical (unpaired) electrons. The number of carboxylic acids is 1. The number of carboxylic acid groups (broad SMARTS) is 1. The molecule has 1 heterocycles. The molecule has 1 saturated heterocycles. The molecule has 0 aliphatic carbocycles. The molecule has 0 aromatic heterocycles. The van der Waals surface area contributed by atoms with Crippen LogP contribution in [0.5, 0.6) is 0 Å². The molecule has 5 nitrogen and oxygen atoms in total. The van der Waals surface area contributed by atoms with E-state index in [0.717, 1.165) is 45.8 Å². The lowest BCUT2D eigenvalue weighted by molar-refractivity contribution is -0.137. The van der Waals surface area contributed by atoms with Crippen LogP contribution in [0.3, 0.4) is 0 Å². The van der Waals surface area contributed by atoms with Crippen molar-refractivity contribution in [2.45, 2.75) is 32.7 Å². The molecule has 106 valence electrons. The van der Waals surface area contributed by atoms with E-state index in [4.69, 9.17) is 9.84 Å². The minimum atomic E-state index is -0.713. The molecule has 0 bridgehead atoms. The van der Waals surface area contributed by atoms with Crippen LogP contribution in [0, 0.1) is 0 Å². The first kappa shape index (κ1) is 15.4. The molecular weight excluding hydrogens is 232 g/mol. The summed E-state index contributed by atoms with van der Waals surface area (Å²) >= 11 is 0. The summed E-state index contributed by atoms with van der Waals surface area (Å²) in [4.78, 5) is 15.3. The van der Waals surface area contributed by atoms with Gasteiger partial charge in [0.2, 0.25) is 0 Å². The number of ether oxygens (including phenoxy) is 1. The molecule has 0 spiro atoms. The zero-order chi connectivity index (χ0) is 13.4. The van der Waals surface area contributed by atoms with Gasteiger partial charge in [-0.2, -0.15) is 0 Å². The smallest absolute Gasteiger partial charge is 0.304 e. The third-order valence-corrected chi connectivity index (χ3v) is 3.63. The summed E-state index contributed by atoms with van der Waals surface area (Å²) in [6.45, 7) is 10.5. The van der Waals surface area contributed by atoms with Gasteiger partial charge in [-0.05, 0) is 13.3 Å². The number of carbonyl (C=O) groups is 1. The lowest BCUT2D eigenvalue weighted by atomic mass is 10.2. The Morgan fingerprint density at radius 2 is 2.06 bits per heavy atom. The molecule has 5 heteroatoms. The summed E-state index contributed by atoms with van der Waals surface area (Å²) in [7, 11) is 0. The summed E-state index contributed by atoms with van der Waals surface area (Å²) in [5, 5.41) is 8.78. The van der Waals surface area contributed by atoms with Gasteiger partial charge in [0.05, 0.1) is 19.6 Å². The molecular formula is C13H26N2O3. The summed E-state index contributed by atoms with van der Waals surface area (Å²) in [5.41, 5.74) is 0. The normalized spacial score (nSPS) is 19.1. The van der Waals surface area contributed by atoms with Gasteiger partial charge in [-0.15, -0.1) is 0 Å². The summed E-state index contributed by atoms with van der Waals surface area (Å²) in [5.74, 6) is -0.713. The van der Waals surface area contributed by atoms with Crippen molar-refractivity contribution < 1.29 is 14.6 Å². The quantitative estimate of drug-likeness (QED) is 0.701. The molecule has 18 heavy (non-hydrogen) atoms. The van der Waals surface area contributed by atoms with Crippen LogP contribution in [-0.2, 0) is 9.53 Å². The van der Waals surface area contributed by atoms with Crippen LogP contribution in [-0.4, -0.2) is 72.9 Å². The van der Waals surface area contributed by atoms with Gasteiger partial charge in [0, 0.05) is 38.8 Å². The first-order chi connectivity index (χ1) is 8.63. The number of aliphatic carboxylic acids is 1. The van der Waals surface area contributed by atoms with E-state index in [1.807, 2.05) is 0 Å². The minimum absolute atomic E-state index is 0.230. The van der Waals surface area contributed by atoms with Gasteiger partial charge in [-0.1, -0.05) is 6.92 Å². The highest BCUT2D eigenvalue weighted by Crippen LogP contribution is 2.06. The highest BCUT2D eigenvalue weighted by atomic mass is 16.5. The lowest BCUT2D eigenvalue weighted by Gasteiger charge is -2.32. The van der Waals surface area contributed by atoms with Crippen molar-refractivity contribution in [2.75, 3.05) is 45.9 Å². The zero-order valence-electron chi connectivity index (χ0n) is 11.6. The predicted octanol–water partition coefficient (Wildman–Crippen LogP) is 0.894. The number of hydrogen-bond donors (Lipinski definition) is 1. The molecule has 1 N–H and O–H groups in total. The number of hydrogen-bond acceptors (Lipinski definition) is 4. The fourth-order valence-electron chi connectivity index (χ4n) is 2.14. The second kappa shape index (κ2) is 8.45. The standard InChI is InChI=1S/C13H26N2O3/c1-3-12(2)15(5-4-13(16)17)7-6-14-8-10-18-11-9-14/h12H,3-11H2,1-2H3,(H,16,17). The van der Waals surface area contributed by atoms with Crippen molar-refractivity contribution in [3.63, 3.8) is 0 Å². The Morgan fingerprint density at radius 3 is 2.61 bits per heavy atom. The van der Waals surface area contributed by atoms with E-state index >= 15 is 0 Å². The Kier molecular flexibility index (Phi) is 7.23. The van der Waals surface area contributed by atoms with E-state index in [1.54, 1.807) is 0 Å². The number of morpholine rings is 1. The molecule has 1 aliphatic rings. The third-order valence-electron chi connectivity index (χ3n) is 3.63. The molecule has 0 aromatic carbocycles. The van der Waals surface area contributed by atoms with Crippen LogP contribution in [0.15, 0.2) is 0 Å². The van der Waals surface area contributed by atoms with Crippen molar-refractivity contribution in [3.8, 4) is 0 Å². The van der Waals surface area contributed by atoms with Crippen molar-refractivity contribution >= 4 is 5.97 Å². The first-order valence-electron chi connectivity index (χ1n) is 6.89. The fourth-order valence-corrected chi connectivity index (χ4v) is 2.14. The van der Waals surface area contributed by atoms with Crippen molar-refractivity contribution in [1.82, 2.24) is 9.80 Å². The van der Waals surface area contributed by atoms with E-state index < -0.39 is 5.97 Å². The Balaban J connectivity index is 2.32. The van der Waals surface area contributed by atoms with Gasteiger partial charge >= 0.3 is 5.97 Å². The molecule has 1 rings (SSSR count). The maximum atomic E-state index is 10.7. The van der Waals surface area contributed by atoms with Crippen LogP contribution in [0.1, 0.15) is 26.7 Å². The summed E-state index contributed by atoms with van der Waals surface area (Å²) in [6.07, 6.45) is 1.29. The largest absolute Gasteiger partial charge is 0.481 e. The van der Waals surface area contributed by atoms with Crippen LogP contribution in [0.25, 0.3) is 0 Å². The van der Waals surface area contributed by atoms with E-state index in [1.165, 1.54) is 0 Å². The monoisotopic (exact) mass is 258 g/mol. The first-order valence-corrected chi connectivity index (χ1v) is 6.89. The molecule has 1 unspecified atom stereocenters. The molecule has 0 aromatic rings. The van der Waals surface area contributed by atoms with Crippen LogP contribution in [0.2, 0.25) is 0 Å². The second-order valence-corrected chi connectivity index (χ2v) is 4.89. The molecule has 0 saturated carbocycles. The maximum absolute atomic E-state index is 10.7. The molecule has 1 fully saturated rings. The maximum Gasteiger partial charge on any atom is 0.304 e. The van der Waals surface area contributed by atoms with E-state index in [9.17, 15) is 4.79 Å². The van der Waals surface area contributed by atoms with Gasteiger partial charge in [0.25, 0.3) is 0 Å². The lowest BCUT2D eigenvalue weighted by Crippen LogP contribution is -2.44. The van der Waals surface area contributed by atoms with Crippen molar-refractivity contribution in [1.29, 1.82) is 0 Å².